The number of carbonyl (C=O) groups excluding carboxylic acids is 2. The Kier molecular flexibility index (Phi) is 8.84. The summed E-state index contributed by atoms with van der Waals surface area (Å²) < 4.78 is 39.4. The largest absolute Gasteiger partial charge is 0.456 e. The first-order valence-electron chi connectivity index (χ1n) is 10.1. The van der Waals surface area contributed by atoms with E-state index >= 15 is 0 Å². The summed E-state index contributed by atoms with van der Waals surface area (Å²) >= 11 is 0. The third-order valence-corrected chi connectivity index (χ3v) is 5.41. The third kappa shape index (κ3) is 8.28. The molecule has 34 heavy (non-hydrogen) atoms. The van der Waals surface area contributed by atoms with Crippen LogP contribution in [0, 0.1) is 10.1 Å². The van der Waals surface area contributed by atoms with Gasteiger partial charge in [-0.1, -0.05) is 42.5 Å². The second-order valence-electron chi connectivity index (χ2n) is 7.98. The molecule has 0 aliphatic rings. The van der Waals surface area contributed by atoms with Gasteiger partial charge in [0.15, 0.2) is 4.90 Å². The number of nitrogens with one attached hydrogen (secondary N) is 1. The summed E-state index contributed by atoms with van der Waals surface area (Å²) in [4.78, 5) is 34.2. The predicted molar refractivity (Wildman–Crippen MR) is 123 cm³/mol. The highest BCUT2D eigenvalue weighted by Crippen LogP contribution is 2.25. The number of para-hydroxylation sites is 1. The fourth-order valence-electron chi connectivity index (χ4n) is 2.61. The average Bonchev–Trinajstić information content (AvgIpc) is 2.76. The minimum absolute atomic E-state index is 0.149. The number of rotatable bonds is 9. The lowest BCUT2D eigenvalue weighted by molar-refractivity contribution is -0.387. The van der Waals surface area contributed by atoms with Crippen molar-refractivity contribution in [2.45, 2.75) is 44.3 Å². The van der Waals surface area contributed by atoms with E-state index in [1.54, 1.807) is 51.1 Å². The van der Waals surface area contributed by atoms with E-state index in [-0.39, 0.29) is 19.6 Å². The molecule has 0 spiro atoms. The van der Waals surface area contributed by atoms with Gasteiger partial charge >= 0.3 is 12.1 Å². The van der Waals surface area contributed by atoms with Crippen molar-refractivity contribution in [3.8, 4) is 0 Å². The highest BCUT2D eigenvalue weighted by molar-refractivity contribution is 7.90. The summed E-state index contributed by atoms with van der Waals surface area (Å²) in [6, 6.07) is 13.3. The molecule has 2 aromatic carbocycles. The summed E-state index contributed by atoms with van der Waals surface area (Å²) in [7, 11) is -4.64. The Balaban J connectivity index is 2.28. The van der Waals surface area contributed by atoms with Crippen LogP contribution in [0.1, 0.15) is 32.8 Å². The molecule has 0 heterocycles. The molecule has 0 aliphatic carbocycles. The van der Waals surface area contributed by atoms with Crippen LogP contribution in [0.4, 0.5) is 10.5 Å². The molecule has 2 rings (SSSR count). The van der Waals surface area contributed by atoms with Crippen molar-refractivity contribution in [3.05, 3.63) is 70.3 Å². The van der Waals surface area contributed by atoms with Gasteiger partial charge in [-0.05, 0) is 32.4 Å². The Hall–Kier alpha value is -3.80. The van der Waals surface area contributed by atoms with Crippen molar-refractivity contribution < 1.29 is 32.4 Å². The van der Waals surface area contributed by atoms with Gasteiger partial charge in [0.2, 0.25) is 0 Å². The Morgan fingerprint density at radius 1 is 1.06 bits per heavy atom. The Labute approximate surface area is 197 Å². The molecule has 0 bridgehead atoms. The number of sulfonamides is 1. The molecule has 1 N–H and O–H groups in total. The van der Waals surface area contributed by atoms with Gasteiger partial charge in [-0.2, -0.15) is 12.8 Å². The van der Waals surface area contributed by atoms with Crippen LogP contribution >= 0.6 is 0 Å². The molecule has 2 aromatic rings. The van der Waals surface area contributed by atoms with E-state index < -0.39 is 48.9 Å². The smallest absolute Gasteiger partial charge is 0.407 e. The summed E-state index contributed by atoms with van der Waals surface area (Å²) in [5.41, 5.74) is -1.32. The lowest BCUT2D eigenvalue weighted by atomic mass is 10.2. The zero-order valence-corrected chi connectivity index (χ0v) is 19.7. The van der Waals surface area contributed by atoms with Crippen LogP contribution in [-0.2, 0) is 30.9 Å². The molecule has 11 nitrogen and oxygen atoms in total. The second-order valence-corrected chi connectivity index (χ2v) is 9.55. The Morgan fingerprint density at radius 3 is 2.29 bits per heavy atom. The second kappa shape index (κ2) is 11.4. The number of carbonyl (C=O) groups is 2. The van der Waals surface area contributed by atoms with Crippen LogP contribution in [0.25, 0.3) is 0 Å². The number of alkyl carbamates (subject to hydrolysis) is 1. The van der Waals surface area contributed by atoms with Gasteiger partial charge in [-0.25, -0.2) is 9.59 Å². The number of hydrogen-bond acceptors (Lipinski definition) is 8. The SMILES string of the molecule is CC(C)(C)OC(=O)NCC/C(=N\S(=O)(=O)c1ccccc1[N+](=O)[O-])C(=O)OCc1ccccc1. The van der Waals surface area contributed by atoms with E-state index in [9.17, 15) is 28.1 Å². The number of esters is 1. The molecule has 0 aliphatic heterocycles. The van der Waals surface area contributed by atoms with Crippen LogP contribution in [0.2, 0.25) is 0 Å². The van der Waals surface area contributed by atoms with E-state index in [1.807, 2.05) is 0 Å². The summed E-state index contributed by atoms with van der Waals surface area (Å²) in [5, 5.41) is 13.6. The molecule has 1 amide bonds. The molecule has 0 atom stereocenters. The molecule has 0 fully saturated rings. The van der Waals surface area contributed by atoms with Crippen molar-refractivity contribution >= 4 is 33.5 Å². The standard InChI is InChI=1S/C22H25N3O8S/c1-22(2,3)33-21(27)23-14-13-17(20(26)32-15-16-9-5-4-6-10-16)24-34(30,31)19-12-8-7-11-18(19)25(28)29/h4-12H,13-15H2,1-3H3,(H,23,27)/b24-17+. The lowest BCUT2D eigenvalue weighted by Gasteiger charge is -2.19. The van der Waals surface area contributed by atoms with Crippen LogP contribution in [-0.4, -0.2) is 43.3 Å². The quantitative estimate of drug-likeness (QED) is 0.242. The summed E-state index contributed by atoms with van der Waals surface area (Å²) in [6.07, 6.45) is -1.10. The lowest BCUT2D eigenvalue weighted by Crippen LogP contribution is -2.34. The van der Waals surface area contributed by atoms with Crippen molar-refractivity contribution in [1.82, 2.24) is 5.32 Å². The number of nitro benzene ring substituents is 1. The summed E-state index contributed by atoms with van der Waals surface area (Å²) in [6.45, 7) is 4.66. The maximum Gasteiger partial charge on any atom is 0.407 e. The van der Waals surface area contributed by atoms with Gasteiger partial charge in [0.1, 0.15) is 17.9 Å². The molecule has 0 saturated heterocycles. The minimum atomic E-state index is -4.64. The molecule has 0 saturated carbocycles. The average molecular weight is 492 g/mol. The molecule has 182 valence electrons. The van der Waals surface area contributed by atoms with Crippen LogP contribution in [0.3, 0.4) is 0 Å². The number of hydrogen-bond donors (Lipinski definition) is 1. The topological polar surface area (TPSA) is 154 Å². The normalized spacial score (nSPS) is 12.0. The molecule has 0 radical (unpaired) electrons. The Morgan fingerprint density at radius 2 is 1.68 bits per heavy atom. The monoisotopic (exact) mass is 491 g/mol. The maximum atomic E-state index is 12.8. The van der Waals surface area contributed by atoms with Gasteiger partial charge in [0.25, 0.3) is 15.7 Å². The van der Waals surface area contributed by atoms with Crippen molar-refractivity contribution in [1.29, 1.82) is 0 Å². The van der Waals surface area contributed by atoms with E-state index in [4.69, 9.17) is 9.47 Å². The van der Waals surface area contributed by atoms with Crippen molar-refractivity contribution in [3.63, 3.8) is 0 Å². The molecule has 0 unspecified atom stereocenters. The predicted octanol–water partition coefficient (Wildman–Crippen LogP) is 3.38. The first-order valence-corrected chi connectivity index (χ1v) is 11.6. The van der Waals surface area contributed by atoms with Gasteiger partial charge in [-0.3, -0.25) is 10.1 Å². The van der Waals surface area contributed by atoms with Gasteiger partial charge < -0.3 is 14.8 Å². The first kappa shape index (κ1) is 26.5. The zero-order chi connectivity index (χ0) is 25.4. The van der Waals surface area contributed by atoms with E-state index in [0.29, 0.717) is 5.56 Å². The van der Waals surface area contributed by atoms with E-state index in [2.05, 4.69) is 9.71 Å². The number of nitrogens with zero attached hydrogens (tertiary/aromatic N) is 2. The van der Waals surface area contributed by atoms with Gasteiger partial charge in [0, 0.05) is 19.0 Å². The first-order chi connectivity index (χ1) is 15.9. The maximum absolute atomic E-state index is 12.8. The van der Waals surface area contributed by atoms with Crippen LogP contribution < -0.4 is 5.32 Å². The van der Waals surface area contributed by atoms with Crippen molar-refractivity contribution in [2.75, 3.05) is 6.54 Å². The number of benzene rings is 2. The third-order valence-electron chi connectivity index (χ3n) is 4.05. The van der Waals surface area contributed by atoms with E-state index in [0.717, 1.165) is 12.1 Å². The molecule has 0 aromatic heterocycles. The van der Waals surface area contributed by atoms with Crippen LogP contribution in [0.5, 0.6) is 0 Å². The summed E-state index contributed by atoms with van der Waals surface area (Å²) in [5.74, 6) is -1.04. The fraction of sp³-hybridized carbons (Fsp3) is 0.318. The van der Waals surface area contributed by atoms with E-state index in [1.165, 1.54) is 12.1 Å². The highest BCUT2D eigenvalue weighted by atomic mass is 32.2. The number of nitro groups is 1. The molecular weight excluding hydrogens is 466 g/mol. The zero-order valence-electron chi connectivity index (χ0n) is 18.9. The Bertz CT molecular complexity index is 1170. The van der Waals surface area contributed by atoms with Crippen molar-refractivity contribution in [2.24, 2.45) is 4.40 Å². The fourth-order valence-corrected chi connectivity index (χ4v) is 3.82. The molecule has 12 heteroatoms. The molecular formula is C22H25N3O8S. The number of ether oxygens (including phenoxy) is 2. The minimum Gasteiger partial charge on any atom is -0.456 e. The highest BCUT2D eigenvalue weighted by Gasteiger charge is 2.27. The van der Waals surface area contributed by atoms with Gasteiger partial charge in [0.05, 0.1) is 4.92 Å². The van der Waals surface area contributed by atoms with Crippen LogP contribution in [0.15, 0.2) is 63.9 Å². The van der Waals surface area contributed by atoms with Gasteiger partial charge in [-0.15, -0.1) is 0 Å². The number of amides is 1.